The number of sulfonamides is 1. The predicted molar refractivity (Wildman–Crippen MR) is 84.3 cm³/mol. The van der Waals surface area contributed by atoms with Gasteiger partial charge in [-0.3, -0.25) is 0 Å². The molecule has 20 heavy (non-hydrogen) atoms. The highest BCUT2D eigenvalue weighted by Crippen LogP contribution is 2.20. The molecule has 0 unspecified atom stereocenters. The highest BCUT2D eigenvalue weighted by atomic mass is 32.2. The van der Waals surface area contributed by atoms with E-state index in [1.165, 1.54) is 11.8 Å². The van der Waals surface area contributed by atoms with Gasteiger partial charge in [0.25, 0.3) is 0 Å². The van der Waals surface area contributed by atoms with Crippen molar-refractivity contribution in [3.05, 3.63) is 24.3 Å². The standard InChI is InChI=1S/C13H22N2O3S2/c14-12-5-4-6-13(11-12)19-9-10-20(17,18)15-7-2-1-3-8-16/h4-6,11,15-16H,1-3,7-10,14H2. The van der Waals surface area contributed by atoms with Crippen LogP contribution in [0.3, 0.4) is 0 Å². The summed E-state index contributed by atoms with van der Waals surface area (Å²) in [5.74, 6) is 0.585. The van der Waals surface area contributed by atoms with Gasteiger partial charge in [0.1, 0.15) is 0 Å². The molecule has 4 N–H and O–H groups in total. The highest BCUT2D eigenvalue weighted by molar-refractivity contribution is 8.00. The largest absolute Gasteiger partial charge is 0.399 e. The lowest BCUT2D eigenvalue weighted by Gasteiger charge is -2.06. The van der Waals surface area contributed by atoms with Gasteiger partial charge in [0.2, 0.25) is 10.0 Å². The number of hydrogen-bond donors (Lipinski definition) is 3. The number of thioether (sulfide) groups is 1. The van der Waals surface area contributed by atoms with Gasteiger partial charge in [0.15, 0.2) is 0 Å². The van der Waals surface area contributed by atoms with Crippen molar-refractivity contribution in [2.45, 2.75) is 24.2 Å². The van der Waals surface area contributed by atoms with Crippen molar-refractivity contribution in [3.8, 4) is 0 Å². The molecule has 1 aromatic rings. The van der Waals surface area contributed by atoms with Crippen molar-refractivity contribution in [1.82, 2.24) is 4.72 Å². The van der Waals surface area contributed by atoms with Crippen molar-refractivity contribution >= 4 is 27.5 Å². The third kappa shape index (κ3) is 7.74. The minimum atomic E-state index is -3.21. The summed E-state index contributed by atoms with van der Waals surface area (Å²) in [7, 11) is -3.21. The van der Waals surface area contributed by atoms with Gasteiger partial charge in [-0.1, -0.05) is 6.07 Å². The number of anilines is 1. The van der Waals surface area contributed by atoms with Crippen molar-refractivity contribution in [1.29, 1.82) is 0 Å². The van der Waals surface area contributed by atoms with Crippen molar-refractivity contribution in [2.75, 3.05) is 30.4 Å². The number of unbranched alkanes of at least 4 members (excludes halogenated alkanes) is 2. The molecule has 0 aliphatic heterocycles. The first-order valence-corrected chi connectivity index (χ1v) is 9.24. The second-order valence-corrected chi connectivity index (χ2v) is 7.51. The molecule has 1 rings (SSSR count). The van der Waals surface area contributed by atoms with Crippen LogP contribution >= 0.6 is 11.8 Å². The number of hydrogen-bond acceptors (Lipinski definition) is 5. The fraction of sp³-hybridized carbons (Fsp3) is 0.538. The van der Waals surface area contributed by atoms with Gasteiger partial charge in [0, 0.05) is 29.5 Å². The van der Waals surface area contributed by atoms with Crippen LogP contribution in [0, 0.1) is 0 Å². The Morgan fingerprint density at radius 3 is 2.75 bits per heavy atom. The van der Waals surface area contributed by atoms with Crippen LogP contribution in [0.1, 0.15) is 19.3 Å². The molecule has 0 aromatic heterocycles. The molecule has 0 saturated carbocycles. The maximum Gasteiger partial charge on any atom is 0.212 e. The van der Waals surface area contributed by atoms with Gasteiger partial charge < -0.3 is 10.8 Å². The van der Waals surface area contributed by atoms with Gasteiger partial charge in [-0.05, 0) is 37.5 Å². The fourth-order valence-corrected chi connectivity index (χ4v) is 4.03. The first-order valence-electron chi connectivity index (χ1n) is 6.60. The summed E-state index contributed by atoms with van der Waals surface area (Å²) in [5.41, 5.74) is 6.34. The first-order chi connectivity index (χ1) is 9.53. The van der Waals surface area contributed by atoms with Crippen LogP contribution in [0.15, 0.2) is 29.2 Å². The fourth-order valence-electron chi connectivity index (χ4n) is 1.59. The van der Waals surface area contributed by atoms with Gasteiger partial charge in [-0.15, -0.1) is 11.8 Å². The van der Waals surface area contributed by atoms with Crippen molar-refractivity contribution in [2.24, 2.45) is 0 Å². The topological polar surface area (TPSA) is 92.4 Å². The number of nitrogens with two attached hydrogens (primary N) is 1. The van der Waals surface area contributed by atoms with E-state index < -0.39 is 10.0 Å². The van der Waals surface area contributed by atoms with E-state index in [0.717, 1.165) is 17.7 Å². The smallest absolute Gasteiger partial charge is 0.212 e. The number of nitrogen functional groups attached to an aromatic ring is 1. The number of rotatable bonds is 10. The number of nitrogens with one attached hydrogen (secondary N) is 1. The molecule has 0 radical (unpaired) electrons. The normalized spacial score (nSPS) is 11.7. The summed E-state index contributed by atoms with van der Waals surface area (Å²) >= 11 is 1.48. The Morgan fingerprint density at radius 2 is 2.05 bits per heavy atom. The van der Waals surface area contributed by atoms with Crippen LogP contribution in [0.4, 0.5) is 5.69 Å². The molecule has 0 atom stereocenters. The Morgan fingerprint density at radius 1 is 1.25 bits per heavy atom. The average Bonchev–Trinajstić information content (AvgIpc) is 2.38. The molecule has 0 bridgehead atoms. The monoisotopic (exact) mass is 318 g/mol. The highest BCUT2D eigenvalue weighted by Gasteiger charge is 2.09. The zero-order valence-corrected chi connectivity index (χ0v) is 13.0. The number of aliphatic hydroxyl groups is 1. The summed E-state index contributed by atoms with van der Waals surface area (Å²) in [4.78, 5) is 0.975. The van der Waals surface area contributed by atoms with E-state index in [4.69, 9.17) is 10.8 Å². The lowest BCUT2D eigenvalue weighted by atomic mass is 10.2. The van der Waals surface area contributed by atoms with Gasteiger partial charge in [-0.2, -0.15) is 0 Å². The summed E-state index contributed by atoms with van der Waals surface area (Å²) in [6.45, 7) is 0.592. The molecule has 7 heteroatoms. The molecule has 0 aliphatic rings. The van der Waals surface area contributed by atoms with Crippen LogP contribution in [0.25, 0.3) is 0 Å². The summed E-state index contributed by atoms with van der Waals surface area (Å²) < 4.78 is 26.0. The van der Waals surface area contributed by atoms with Crippen molar-refractivity contribution in [3.63, 3.8) is 0 Å². The maximum absolute atomic E-state index is 11.7. The molecule has 0 fully saturated rings. The van der Waals surface area contributed by atoms with E-state index >= 15 is 0 Å². The molecule has 0 aliphatic carbocycles. The lowest BCUT2D eigenvalue weighted by molar-refractivity contribution is 0.283. The zero-order valence-electron chi connectivity index (χ0n) is 11.4. The van der Waals surface area contributed by atoms with Crippen LogP contribution < -0.4 is 10.5 Å². The van der Waals surface area contributed by atoms with Crippen LogP contribution in [-0.4, -0.2) is 38.2 Å². The first kappa shape index (κ1) is 17.3. The third-order valence-electron chi connectivity index (χ3n) is 2.64. The van der Waals surface area contributed by atoms with E-state index in [1.54, 1.807) is 6.07 Å². The molecular weight excluding hydrogens is 296 g/mol. The van der Waals surface area contributed by atoms with Crippen LogP contribution in [-0.2, 0) is 10.0 Å². The molecule has 0 amide bonds. The second-order valence-electron chi connectivity index (χ2n) is 4.42. The van der Waals surface area contributed by atoms with Crippen LogP contribution in [0.2, 0.25) is 0 Å². The van der Waals surface area contributed by atoms with E-state index in [0.29, 0.717) is 24.4 Å². The van der Waals surface area contributed by atoms with Gasteiger partial charge in [0.05, 0.1) is 5.75 Å². The minimum Gasteiger partial charge on any atom is -0.399 e. The Kier molecular flexibility index (Phi) is 7.98. The molecule has 0 saturated heterocycles. The van der Waals surface area contributed by atoms with Crippen molar-refractivity contribution < 1.29 is 13.5 Å². The predicted octanol–water partition coefficient (Wildman–Crippen LogP) is 1.44. The summed E-state index contributed by atoms with van der Waals surface area (Å²) in [6.07, 6.45) is 2.30. The Hall–Kier alpha value is -0.760. The molecule has 0 spiro atoms. The number of benzene rings is 1. The maximum atomic E-state index is 11.7. The molecule has 114 valence electrons. The van der Waals surface area contributed by atoms with Gasteiger partial charge >= 0.3 is 0 Å². The Balaban J connectivity index is 2.22. The third-order valence-corrected chi connectivity index (χ3v) is 5.28. The molecular formula is C13H22N2O3S2. The van der Waals surface area contributed by atoms with E-state index in [9.17, 15) is 8.42 Å². The SMILES string of the molecule is Nc1cccc(SCCS(=O)(=O)NCCCCCO)c1. The zero-order chi connectivity index (χ0) is 14.8. The molecule has 1 aromatic carbocycles. The lowest BCUT2D eigenvalue weighted by Crippen LogP contribution is -2.28. The Bertz CT molecular complexity index is 492. The average molecular weight is 318 g/mol. The van der Waals surface area contributed by atoms with Crippen LogP contribution in [0.5, 0.6) is 0 Å². The summed E-state index contributed by atoms with van der Waals surface area (Å²) in [5, 5.41) is 8.62. The van der Waals surface area contributed by atoms with E-state index in [2.05, 4.69) is 4.72 Å². The quantitative estimate of drug-likeness (QED) is 0.345. The second kappa shape index (κ2) is 9.23. The molecule has 0 heterocycles. The Labute approximate surface area is 125 Å². The minimum absolute atomic E-state index is 0.0897. The summed E-state index contributed by atoms with van der Waals surface area (Å²) in [6, 6.07) is 7.40. The molecule has 5 nitrogen and oxygen atoms in total. The number of aliphatic hydroxyl groups excluding tert-OH is 1. The van der Waals surface area contributed by atoms with E-state index in [1.807, 2.05) is 18.2 Å². The van der Waals surface area contributed by atoms with E-state index in [-0.39, 0.29) is 12.4 Å². The van der Waals surface area contributed by atoms with Gasteiger partial charge in [-0.25, -0.2) is 13.1 Å².